The Kier molecular flexibility index (Phi) is 7.31. The van der Waals surface area contributed by atoms with Crippen LogP contribution in [-0.4, -0.2) is 27.0 Å². The van der Waals surface area contributed by atoms with Crippen molar-refractivity contribution >= 4 is 23.3 Å². The molecular weight excluding hydrogens is 483 g/mol. The van der Waals surface area contributed by atoms with Crippen LogP contribution in [0.4, 0.5) is 4.39 Å². The second-order valence-corrected chi connectivity index (χ2v) is 8.75. The van der Waals surface area contributed by atoms with Crippen LogP contribution in [-0.2, 0) is 0 Å². The van der Waals surface area contributed by atoms with E-state index in [0.29, 0.717) is 33.0 Å². The number of carboxylic acid groups (broad SMARTS) is 1. The number of hydrogen-bond donors (Lipinski definition) is 3. The molecule has 0 saturated carbocycles. The molecule has 4 aromatic rings. The highest BCUT2D eigenvalue weighted by Crippen LogP contribution is 2.35. The normalized spacial score (nSPS) is 12.4. The molecule has 36 heavy (non-hydrogen) atoms. The van der Waals surface area contributed by atoms with Crippen LogP contribution in [0.15, 0.2) is 88.9 Å². The number of pyridine rings is 1. The first-order valence-electron chi connectivity index (χ1n) is 11.1. The second-order valence-electron chi connectivity index (χ2n) is 8.35. The van der Waals surface area contributed by atoms with Crippen molar-refractivity contribution in [2.75, 3.05) is 0 Å². The minimum absolute atomic E-state index is 0.220. The lowest BCUT2D eigenvalue weighted by atomic mass is 9.85. The minimum Gasteiger partial charge on any atom is -0.478 e. The number of rotatable bonds is 7. The van der Waals surface area contributed by atoms with Gasteiger partial charge in [-0.05, 0) is 53.4 Å². The van der Waals surface area contributed by atoms with Gasteiger partial charge in [0.15, 0.2) is 0 Å². The summed E-state index contributed by atoms with van der Waals surface area (Å²) in [5.74, 6) is -2.42. The van der Waals surface area contributed by atoms with Crippen LogP contribution in [0.1, 0.15) is 45.0 Å². The number of nitrogens with one attached hydrogen (secondary N) is 1. The first-order valence-corrected chi connectivity index (χ1v) is 11.4. The van der Waals surface area contributed by atoms with E-state index in [1.165, 1.54) is 18.3 Å². The zero-order chi connectivity index (χ0) is 25.8. The van der Waals surface area contributed by atoms with Gasteiger partial charge in [-0.2, -0.15) is 0 Å². The molecule has 1 aromatic heterocycles. The third-order valence-electron chi connectivity index (χ3n) is 6.07. The summed E-state index contributed by atoms with van der Waals surface area (Å²) < 4.78 is 14.2. The van der Waals surface area contributed by atoms with Crippen LogP contribution in [0.3, 0.4) is 0 Å². The molecule has 4 rings (SSSR count). The lowest BCUT2D eigenvalue weighted by molar-refractivity contribution is 0.0692. The fraction of sp³-hybridized carbons (Fsp3) is 0.107. The molecule has 0 aliphatic rings. The van der Waals surface area contributed by atoms with E-state index >= 15 is 0 Å². The monoisotopic (exact) mass is 504 g/mol. The largest absolute Gasteiger partial charge is 0.478 e. The van der Waals surface area contributed by atoms with Gasteiger partial charge in [0.05, 0.1) is 11.3 Å². The fourth-order valence-electron chi connectivity index (χ4n) is 4.12. The number of halogens is 2. The van der Waals surface area contributed by atoms with E-state index in [9.17, 15) is 19.2 Å². The number of H-pyrrole nitrogens is 1. The lowest BCUT2D eigenvalue weighted by Gasteiger charge is -2.20. The molecule has 0 aliphatic carbocycles. The molecular formula is C28H22ClFN2O4. The molecule has 0 fully saturated rings. The maximum Gasteiger partial charge on any atom is 0.338 e. The number of aryl methyl sites for hydroxylation is 1. The fourth-order valence-corrected chi connectivity index (χ4v) is 4.38. The van der Waals surface area contributed by atoms with Crippen molar-refractivity contribution in [2.45, 2.75) is 19.3 Å². The van der Waals surface area contributed by atoms with Gasteiger partial charge in [-0.1, -0.05) is 65.3 Å². The van der Waals surface area contributed by atoms with E-state index in [1.54, 1.807) is 25.1 Å². The molecule has 1 atom stereocenters. The van der Waals surface area contributed by atoms with Gasteiger partial charge in [-0.15, -0.1) is 0 Å². The predicted molar refractivity (Wildman–Crippen MR) is 137 cm³/mol. The number of aromatic amines is 1. The molecule has 0 amide bonds. The highest BCUT2D eigenvalue weighted by atomic mass is 35.5. The van der Waals surface area contributed by atoms with Crippen molar-refractivity contribution in [3.63, 3.8) is 0 Å². The Morgan fingerprint density at radius 3 is 2.36 bits per heavy atom. The number of carboxylic acids is 1. The second kappa shape index (κ2) is 10.6. The first kappa shape index (κ1) is 24.9. The Labute approximate surface area is 211 Å². The van der Waals surface area contributed by atoms with Gasteiger partial charge in [0.25, 0.3) is 5.56 Å². The van der Waals surface area contributed by atoms with Crippen LogP contribution in [0.5, 0.6) is 0 Å². The van der Waals surface area contributed by atoms with Gasteiger partial charge in [0.2, 0.25) is 0 Å². The Balaban J connectivity index is 1.72. The first-order chi connectivity index (χ1) is 17.3. The standard InChI is InChI=1S/C28H22ClFN2O4/c1-16-12-20(15-31-27(16)33)26(32-36)14-23(21-4-2-3-5-24(21)29)18-8-6-17(7-9-18)19-10-11-22(28(34)35)25(30)13-19/h2-13,15,23,36H,14H2,1H3,(H,31,33)(H,34,35)/b32-26+. The number of carbonyl (C=O) groups is 1. The van der Waals surface area contributed by atoms with Gasteiger partial charge < -0.3 is 15.3 Å². The lowest BCUT2D eigenvalue weighted by Crippen LogP contribution is -2.15. The van der Waals surface area contributed by atoms with E-state index in [1.807, 2.05) is 42.5 Å². The minimum atomic E-state index is -1.32. The van der Waals surface area contributed by atoms with E-state index in [2.05, 4.69) is 10.1 Å². The van der Waals surface area contributed by atoms with E-state index in [-0.39, 0.29) is 23.5 Å². The molecule has 1 unspecified atom stereocenters. The SMILES string of the molecule is Cc1cc(/C(CC(c2ccc(-c3ccc(C(=O)O)c(F)c3)cc2)c2ccccc2Cl)=N/O)c[nH]c1=O. The summed E-state index contributed by atoms with van der Waals surface area (Å²) in [5.41, 5.74) is 3.78. The van der Waals surface area contributed by atoms with Crippen LogP contribution in [0.25, 0.3) is 11.1 Å². The zero-order valence-electron chi connectivity index (χ0n) is 19.2. The van der Waals surface area contributed by atoms with E-state index < -0.39 is 11.8 Å². The number of aromatic carboxylic acids is 1. The molecule has 182 valence electrons. The van der Waals surface area contributed by atoms with Gasteiger partial charge in [0.1, 0.15) is 5.82 Å². The molecule has 0 spiro atoms. The topological polar surface area (TPSA) is 103 Å². The van der Waals surface area contributed by atoms with E-state index in [0.717, 1.165) is 11.1 Å². The maximum absolute atomic E-state index is 14.2. The number of oxime groups is 1. The van der Waals surface area contributed by atoms with Crippen molar-refractivity contribution in [3.8, 4) is 11.1 Å². The summed E-state index contributed by atoms with van der Waals surface area (Å²) in [6, 6.07) is 20.4. The van der Waals surface area contributed by atoms with Crippen molar-refractivity contribution in [2.24, 2.45) is 5.16 Å². The van der Waals surface area contributed by atoms with E-state index in [4.69, 9.17) is 16.7 Å². The summed E-state index contributed by atoms with van der Waals surface area (Å²) in [6.07, 6.45) is 1.79. The van der Waals surface area contributed by atoms with Gasteiger partial charge >= 0.3 is 5.97 Å². The number of benzene rings is 3. The third kappa shape index (κ3) is 5.21. The maximum atomic E-state index is 14.2. The Bertz CT molecular complexity index is 1510. The Hall–Kier alpha value is -4.23. The van der Waals surface area contributed by atoms with Crippen molar-refractivity contribution in [1.29, 1.82) is 0 Å². The molecule has 1 heterocycles. The molecule has 3 N–H and O–H groups in total. The predicted octanol–water partition coefficient (Wildman–Crippen LogP) is 6.24. The number of nitrogens with zero attached hydrogens (tertiary/aromatic N) is 1. The molecule has 8 heteroatoms. The summed E-state index contributed by atoms with van der Waals surface area (Å²) in [4.78, 5) is 25.5. The van der Waals surface area contributed by atoms with Gasteiger partial charge in [0, 0.05) is 34.7 Å². The third-order valence-corrected chi connectivity index (χ3v) is 6.41. The summed E-state index contributed by atoms with van der Waals surface area (Å²) in [5, 5.41) is 22.9. The average Bonchev–Trinajstić information content (AvgIpc) is 2.87. The Morgan fingerprint density at radius 1 is 1.06 bits per heavy atom. The number of hydrogen-bond acceptors (Lipinski definition) is 4. The van der Waals surface area contributed by atoms with Crippen LogP contribution < -0.4 is 5.56 Å². The molecule has 0 bridgehead atoms. The van der Waals surface area contributed by atoms with Crippen molar-refractivity contribution in [3.05, 3.63) is 128 Å². The van der Waals surface area contributed by atoms with Gasteiger partial charge in [-0.25, -0.2) is 9.18 Å². The average molecular weight is 505 g/mol. The van der Waals surface area contributed by atoms with Crippen molar-refractivity contribution in [1.82, 2.24) is 4.98 Å². The molecule has 0 aliphatic heterocycles. The number of aromatic nitrogens is 1. The molecule has 0 radical (unpaired) electrons. The van der Waals surface area contributed by atoms with Crippen LogP contribution >= 0.6 is 11.6 Å². The van der Waals surface area contributed by atoms with Gasteiger partial charge in [-0.3, -0.25) is 4.79 Å². The molecule has 0 saturated heterocycles. The summed E-state index contributed by atoms with van der Waals surface area (Å²) in [7, 11) is 0. The zero-order valence-corrected chi connectivity index (χ0v) is 20.0. The molecule has 6 nitrogen and oxygen atoms in total. The smallest absolute Gasteiger partial charge is 0.338 e. The van der Waals surface area contributed by atoms with Crippen molar-refractivity contribution < 1.29 is 19.5 Å². The highest BCUT2D eigenvalue weighted by Gasteiger charge is 2.21. The Morgan fingerprint density at radius 2 is 1.75 bits per heavy atom. The summed E-state index contributed by atoms with van der Waals surface area (Å²) >= 11 is 6.53. The highest BCUT2D eigenvalue weighted by molar-refractivity contribution is 6.31. The van der Waals surface area contributed by atoms with Crippen LogP contribution in [0.2, 0.25) is 5.02 Å². The quantitative estimate of drug-likeness (QED) is 0.157. The summed E-state index contributed by atoms with van der Waals surface area (Å²) in [6.45, 7) is 1.67. The van der Waals surface area contributed by atoms with Crippen LogP contribution in [0, 0.1) is 12.7 Å². The molecule has 3 aromatic carbocycles.